The van der Waals surface area contributed by atoms with E-state index in [9.17, 15) is 4.39 Å². The van der Waals surface area contributed by atoms with Crippen LogP contribution in [0.15, 0.2) is 52.3 Å². The molecular formula is C18H22FNS. The van der Waals surface area contributed by atoms with Crippen LogP contribution < -0.4 is 5.32 Å². The Hall–Kier alpha value is -1.32. The van der Waals surface area contributed by atoms with Gasteiger partial charge in [0.15, 0.2) is 0 Å². The number of nitrogens with one attached hydrogen (secondary N) is 1. The highest BCUT2D eigenvalue weighted by Gasteiger charge is 2.14. The van der Waals surface area contributed by atoms with Gasteiger partial charge >= 0.3 is 0 Å². The van der Waals surface area contributed by atoms with Gasteiger partial charge in [0.05, 0.1) is 0 Å². The quantitative estimate of drug-likeness (QED) is 0.836. The number of hydrogen-bond acceptors (Lipinski definition) is 2. The summed E-state index contributed by atoms with van der Waals surface area (Å²) in [4.78, 5) is 2.10. The summed E-state index contributed by atoms with van der Waals surface area (Å²) in [7, 11) is 0. The van der Waals surface area contributed by atoms with Gasteiger partial charge in [-0.25, -0.2) is 4.39 Å². The van der Waals surface area contributed by atoms with Gasteiger partial charge in [-0.15, -0.1) is 0 Å². The van der Waals surface area contributed by atoms with Crippen LogP contribution in [0.2, 0.25) is 0 Å². The third-order valence-corrected chi connectivity index (χ3v) is 4.23. The smallest absolute Gasteiger partial charge is 0.128 e. The number of halogens is 1. The largest absolute Gasteiger partial charge is 0.308 e. The Morgan fingerprint density at radius 1 is 1.05 bits per heavy atom. The summed E-state index contributed by atoms with van der Waals surface area (Å²) in [5, 5.41) is 3.36. The standard InChI is InChI=1S/C18H22FNS/c1-13-8-10-14(11-9-13)21-17-7-5-6-16(19)15(17)12-20-18(2,3)4/h5-11,20H,12H2,1-4H3. The van der Waals surface area contributed by atoms with Gasteiger partial charge in [-0.2, -0.15) is 0 Å². The fourth-order valence-electron chi connectivity index (χ4n) is 1.89. The first-order valence-corrected chi connectivity index (χ1v) is 7.94. The van der Waals surface area contributed by atoms with Gasteiger partial charge in [-0.3, -0.25) is 0 Å². The van der Waals surface area contributed by atoms with E-state index in [1.807, 2.05) is 6.07 Å². The lowest BCUT2D eigenvalue weighted by molar-refractivity contribution is 0.416. The van der Waals surface area contributed by atoms with Crippen LogP contribution in [-0.2, 0) is 6.54 Å². The van der Waals surface area contributed by atoms with Gasteiger partial charge in [0.1, 0.15) is 5.82 Å². The molecule has 0 amide bonds. The molecule has 0 aromatic heterocycles. The van der Waals surface area contributed by atoms with Crippen molar-refractivity contribution in [2.45, 2.75) is 49.6 Å². The van der Waals surface area contributed by atoms with Crippen LogP contribution in [-0.4, -0.2) is 5.54 Å². The van der Waals surface area contributed by atoms with Gasteiger partial charge < -0.3 is 5.32 Å². The third-order valence-electron chi connectivity index (χ3n) is 3.12. The van der Waals surface area contributed by atoms with Crippen LogP contribution in [0.25, 0.3) is 0 Å². The molecule has 0 atom stereocenters. The monoisotopic (exact) mass is 303 g/mol. The maximum Gasteiger partial charge on any atom is 0.128 e. The first kappa shape index (κ1) is 16.1. The Kier molecular flexibility index (Phi) is 5.07. The first-order valence-electron chi connectivity index (χ1n) is 7.12. The van der Waals surface area contributed by atoms with Crippen LogP contribution in [0, 0.1) is 12.7 Å². The third kappa shape index (κ3) is 4.87. The van der Waals surface area contributed by atoms with E-state index in [0.29, 0.717) is 6.54 Å². The normalized spacial score (nSPS) is 11.7. The minimum Gasteiger partial charge on any atom is -0.308 e. The summed E-state index contributed by atoms with van der Waals surface area (Å²) >= 11 is 1.61. The van der Waals surface area contributed by atoms with E-state index >= 15 is 0 Å². The molecule has 2 aromatic rings. The fourth-order valence-corrected chi connectivity index (χ4v) is 2.86. The molecule has 21 heavy (non-hydrogen) atoms. The Labute approximate surface area is 131 Å². The van der Waals surface area contributed by atoms with Gasteiger partial charge in [0.2, 0.25) is 0 Å². The van der Waals surface area contributed by atoms with Crippen LogP contribution >= 0.6 is 11.8 Å². The second kappa shape index (κ2) is 6.63. The summed E-state index contributed by atoms with van der Waals surface area (Å²) in [6.07, 6.45) is 0. The number of benzene rings is 2. The van der Waals surface area contributed by atoms with Crippen molar-refractivity contribution in [2.24, 2.45) is 0 Å². The Morgan fingerprint density at radius 3 is 2.33 bits per heavy atom. The van der Waals surface area contributed by atoms with Crippen LogP contribution in [0.4, 0.5) is 4.39 Å². The molecule has 0 aliphatic heterocycles. The molecule has 0 fully saturated rings. The van der Waals surface area contributed by atoms with Crippen molar-refractivity contribution in [3.8, 4) is 0 Å². The van der Waals surface area contributed by atoms with Gasteiger partial charge in [-0.05, 0) is 52.0 Å². The zero-order valence-corrected chi connectivity index (χ0v) is 13.9. The summed E-state index contributed by atoms with van der Waals surface area (Å²) in [6.45, 7) is 8.85. The molecule has 0 bridgehead atoms. The molecule has 0 heterocycles. The van der Waals surface area contributed by atoms with E-state index in [0.717, 1.165) is 15.4 Å². The molecule has 1 nitrogen and oxygen atoms in total. The molecule has 1 N–H and O–H groups in total. The van der Waals surface area contributed by atoms with E-state index in [1.54, 1.807) is 17.8 Å². The molecule has 0 radical (unpaired) electrons. The van der Waals surface area contributed by atoms with E-state index in [2.05, 4.69) is 57.3 Å². The zero-order valence-electron chi connectivity index (χ0n) is 13.0. The van der Waals surface area contributed by atoms with E-state index in [-0.39, 0.29) is 11.4 Å². The Bertz CT molecular complexity index is 600. The lowest BCUT2D eigenvalue weighted by Gasteiger charge is -2.22. The number of aryl methyl sites for hydroxylation is 1. The molecule has 112 valence electrons. The van der Waals surface area contributed by atoms with Crippen molar-refractivity contribution >= 4 is 11.8 Å². The lowest BCUT2D eigenvalue weighted by atomic mass is 10.1. The van der Waals surface area contributed by atoms with Crippen molar-refractivity contribution in [1.82, 2.24) is 5.32 Å². The van der Waals surface area contributed by atoms with Crippen molar-refractivity contribution in [1.29, 1.82) is 0 Å². The van der Waals surface area contributed by atoms with Crippen molar-refractivity contribution in [3.05, 3.63) is 59.4 Å². The van der Waals surface area contributed by atoms with E-state index < -0.39 is 0 Å². The molecule has 0 unspecified atom stereocenters. The summed E-state index contributed by atoms with van der Waals surface area (Å²) in [6, 6.07) is 13.6. The molecular weight excluding hydrogens is 281 g/mol. The zero-order chi connectivity index (χ0) is 15.5. The molecule has 0 aliphatic rings. The molecule has 2 rings (SSSR count). The topological polar surface area (TPSA) is 12.0 Å². The Morgan fingerprint density at radius 2 is 1.71 bits per heavy atom. The molecule has 0 saturated carbocycles. The van der Waals surface area contributed by atoms with Gasteiger partial charge in [0.25, 0.3) is 0 Å². The SMILES string of the molecule is Cc1ccc(Sc2cccc(F)c2CNC(C)(C)C)cc1. The van der Waals surface area contributed by atoms with Crippen molar-refractivity contribution < 1.29 is 4.39 Å². The first-order chi connectivity index (χ1) is 9.85. The van der Waals surface area contributed by atoms with Crippen molar-refractivity contribution in [3.63, 3.8) is 0 Å². The van der Waals surface area contributed by atoms with Gasteiger partial charge in [-0.1, -0.05) is 35.5 Å². The summed E-state index contributed by atoms with van der Waals surface area (Å²) in [5.74, 6) is -0.149. The van der Waals surface area contributed by atoms with Crippen LogP contribution in [0.5, 0.6) is 0 Å². The van der Waals surface area contributed by atoms with Crippen molar-refractivity contribution in [2.75, 3.05) is 0 Å². The summed E-state index contributed by atoms with van der Waals surface area (Å²) < 4.78 is 14.1. The minimum absolute atomic E-state index is 0.0337. The predicted molar refractivity (Wildman–Crippen MR) is 88.3 cm³/mol. The fraction of sp³-hybridized carbons (Fsp3) is 0.333. The van der Waals surface area contributed by atoms with Crippen LogP contribution in [0.1, 0.15) is 31.9 Å². The second-order valence-electron chi connectivity index (χ2n) is 6.24. The molecule has 2 aromatic carbocycles. The maximum absolute atomic E-state index is 14.1. The number of rotatable bonds is 4. The maximum atomic E-state index is 14.1. The van der Waals surface area contributed by atoms with Gasteiger partial charge in [0, 0.05) is 27.4 Å². The molecule has 0 aliphatic carbocycles. The van der Waals surface area contributed by atoms with E-state index in [4.69, 9.17) is 0 Å². The molecule has 0 saturated heterocycles. The average Bonchev–Trinajstić information content (AvgIpc) is 2.39. The second-order valence-corrected chi connectivity index (χ2v) is 7.35. The average molecular weight is 303 g/mol. The highest BCUT2D eigenvalue weighted by atomic mass is 32.2. The lowest BCUT2D eigenvalue weighted by Crippen LogP contribution is -2.35. The molecule has 0 spiro atoms. The minimum atomic E-state index is -0.149. The highest BCUT2D eigenvalue weighted by Crippen LogP contribution is 2.32. The summed E-state index contributed by atoms with van der Waals surface area (Å²) in [5.41, 5.74) is 1.93. The Balaban J connectivity index is 2.22. The number of hydrogen-bond donors (Lipinski definition) is 1. The van der Waals surface area contributed by atoms with E-state index in [1.165, 1.54) is 11.6 Å². The highest BCUT2D eigenvalue weighted by molar-refractivity contribution is 7.99. The molecule has 3 heteroatoms. The predicted octanol–water partition coefficient (Wildman–Crippen LogP) is 5.17. The van der Waals surface area contributed by atoms with Crippen LogP contribution in [0.3, 0.4) is 0 Å².